The average Bonchev–Trinajstić information content (AvgIpc) is 2.15. The van der Waals surface area contributed by atoms with Crippen molar-refractivity contribution in [2.24, 2.45) is 11.8 Å². The molecule has 1 aliphatic carbocycles. The lowest BCUT2D eigenvalue weighted by Crippen LogP contribution is -2.19. The van der Waals surface area contributed by atoms with Crippen LogP contribution in [-0.2, 0) is 4.74 Å². The first-order valence-electron chi connectivity index (χ1n) is 5.99. The molecule has 1 rings (SSSR count). The third-order valence-electron chi connectivity index (χ3n) is 2.90. The van der Waals surface area contributed by atoms with Gasteiger partial charge in [-0.3, -0.25) is 0 Å². The lowest BCUT2D eigenvalue weighted by Gasteiger charge is -2.26. The highest BCUT2D eigenvalue weighted by Crippen LogP contribution is 2.27. The molecule has 0 saturated heterocycles. The van der Waals surface area contributed by atoms with Crippen LogP contribution in [0, 0.1) is 11.8 Å². The second kappa shape index (κ2) is 4.87. The van der Waals surface area contributed by atoms with E-state index in [1.807, 2.05) is 0 Å². The number of allylic oxidation sites excluding steroid dienone is 3. The molecule has 0 aliphatic heterocycles. The van der Waals surface area contributed by atoms with Gasteiger partial charge < -0.3 is 4.74 Å². The molecule has 0 fully saturated rings. The van der Waals surface area contributed by atoms with Crippen LogP contribution < -0.4 is 0 Å². The zero-order valence-electron chi connectivity index (χ0n) is 10.7. The second-order valence-electron chi connectivity index (χ2n) is 5.47. The molecule has 1 nitrogen and oxygen atoms in total. The summed E-state index contributed by atoms with van der Waals surface area (Å²) < 4.78 is 5.81. The van der Waals surface area contributed by atoms with Gasteiger partial charge in [0.25, 0.3) is 0 Å². The van der Waals surface area contributed by atoms with Gasteiger partial charge in [-0.2, -0.15) is 0 Å². The number of rotatable bonds is 3. The Labute approximate surface area is 94.2 Å². The Hall–Kier alpha value is -0.720. The van der Waals surface area contributed by atoms with E-state index in [0.29, 0.717) is 5.92 Å². The van der Waals surface area contributed by atoms with Crippen molar-refractivity contribution in [3.8, 4) is 0 Å². The van der Waals surface area contributed by atoms with Crippen LogP contribution in [0.25, 0.3) is 0 Å². The van der Waals surface area contributed by atoms with E-state index in [4.69, 9.17) is 4.74 Å². The van der Waals surface area contributed by atoms with Gasteiger partial charge in [0.2, 0.25) is 0 Å². The van der Waals surface area contributed by atoms with Crippen LogP contribution >= 0.6 is 0 Å². The predicted molar refractivity (Wildman–Crippen MR) is 65.6 cm³/mol. The van der Waals surface area contributed by atoms with Crippen molar-refractivity contribution >= 4 is 0 Å². The third kappa shape index (κ3) is 4.11. The Bertz CT molecular complexity index is 255. The fraction of sp³-hybridized carbons (Fsp3) is 0.714. The topological polar surface area (TPSA) is 9.23 Å². The van der Waals surface area contributed by atoms with E-state index in [1.54, 1.807) is 0 Å². The van der Waals surface area contributed by atoms with Crippen molar-refractivity contribution in [3.05, 3.63) is 24.0 Å². The van der Waals surface area contributed by atoms with Gasteiger partial charge in [0.1, 0.15) is 11.4 Å². The van der Waals surface area contributed by atoms with Crippen molar-refractivity contribution < 1.29 is 4.74 Å². The normalized spacial score (nSPS) is 23.5. The van der Waals surface area contributed by atoms with Gasteiger partial charge in [-0.05, 0) is 51.2 Å². The third-order valence-corrected chi connectivity index (χ3v) is 2.90. The van der Waals surface area contributed by atoms with Crippen molar-refractivity contribution in [3.63, 3.8) is 0 Å². The summed E-state index contributed by atoms with van der Waals surface area (Å²) in [6.45, 7) is 10.8. The summed E-state index contributed by atoms with van der Waals surface area (Å²) in [5.74, 6) is 2.50. The SMILES string of the molecule is CCC(C)C1C=CC(OC(C)(C)C)=CC1. The summed E-state index contributed by atoms with van der Waals surface area (Å²) in [5, 5.41) is 0. The molecule has 0 heterocycles. The van der Waals surface area contributed by atoms with Gasteiger partial charge in [-0.25, -0.2) is 0 Å². The van der Waals surface area contributed by atoms with Gasteiger partial charge in [-0.15, -0.1) is 0 Å². The molecule has 0 aromatic carbocycles. The minimum absolute atomic E-state index is 0.0839. The van der Waals surface area contributed by atoms with E-state index in [9.17, 15) is 0 Å². The first-order chi connectivity index (χ1) is 6.92. The summed E-state index contributed by atoms with van der Waals surface area (Å²) in [6, 6.07) is 0. The van der Waals surface area contributed by atoms with Crippen LogP contribution in [0.1, 0.15) is 47.5 Å². The average molecular weight is 208 g/mol. The zero-order chi connectivity index (χ0) is 11.5. The van der Waals surface area contributed by atoms with Crippen LogP contribution in [0.4, 0.5) is 0 Å². The molecule has 2 atom stereocenters. The molecule has 15 heavy (non-hydrogen) atoms. The van der Waals surface area contributed by atoms with Crippen LogP contribution in [0.2, 0.25) is 0 Å². The predicted octanol–water partition coefficient (Wildman–Crippen LogP) is 4.31. The fourth-order valence-corrected chi connectivity index (χ4v) is 1.77. The molecule has 0 radical (unpaired) electrons. The number of hydrogen-bond donors (Lipinski definition) is 0. The van der Waals surface area contributed by atoms with Crippen molar-refractivity contribution in [1.82, 2.24) is 0 Å². The van der Waals surface area contributed by atoms with Crippen molar-refractivity contribution in [2.45, 2.75) is 53.1 Å². The van der Waals surface area contributed by atoms with Gasteiger partial charge in [0.15, 0.2) is 0 Å². The summed E-state index contributed by atoms with van der Waals surface area (Å²) in [5.41, 5.74) is -0.0839. The van der Waals surface area contributed by atoms with Crippen LogP contribution in [0.3, 0.4) is 0 Å². The molecule has 0 N–H and O–H groups in total. The molecular weight excluding hydrogens is 184 g/mol. The number of hydrogen-bond acceptors (Lipinski definition) is 1. The van der Waals surface area contributed by atoms with Gasteiger partial charge >= 0.3 is 0 Å². The molecule has 0 bridgehead atoms. The largest absolute Gasteiger partial charge is 0.489 e. The van der Waals surface area contributed by atoms with E-state index in [0.717, 1.165) is 18.1 Å². The van der Waals surface area contributed by atoms with Crippen LogP contribution in [-0.4, -0.2) is 5.60 Å². The highest BCUT2D eigenvalue weighted by Gasteiger charge is 2.18. The maximum Gasteiger partial charge on any atom is 0.115 e. The van der Waals surface area contributed by atoms with Gasteiger partial charge in [0, 0.05) is 0 Å². The van der Waals surface area contributed by atoms with Crippen LogP contribution in [0.15, 0.2) is 24.0 Å². The van der Waals surface area contributed by atoms with E-state index in [2.05, 4.69) is 52.8 Å². The zero-order valence-corrected chi connectivity index (χ0v) is 10.7. The summed E-state index contributed by atoms with van der Waals surface area (Å²) in [4.78, 5) is 0. The lowest BCUT2D eigenvalue weighted by molar-refractivity contribution is 0.0582. The monoisotopic (exact) mass is 208 g/mol. The molecule has 0 aromatic rings. The summed E-state index contributed by atoms with van der Waals surface area (Å²) >= 11 is 0. The van der Waals surface area contributed by atoms with Crippen molar-refractivity contribution in [2.75, 3.05) is 0 Å². The Kier molecular flexibility index (Phi) is 4.01. The molecule has 2 unspecified atom stereocenters. The smallest absolute Gasteiger partial charge is 0.115 e. The quantitative estimate of drug-likeness (QED) is 0.671. The number of ether oxygens (including phenoxy) is 1. The maximum atomic E-state index is 5.81. The standard InChI is InChI=1S/C14H24O/c1-6-11(2)12-7-9-13(10-8-12)15-14(3,4)5/h7,9-12H,6,8H2,1-5H3. The first-order valence-corrected chi connectivity index (χ1v) is 5.99. The van der Waals surface area contributed by atoms with E-state index >= 15 is 0 Å². The molecule has 0 saturated carbocycles. The summed E-state index contributed by atoms with van der Waals surface area (Å²) in [7, 11) is 0. The molecule has 0 amide bonds. The minimum atomic E-state index is -0.0839. The molecule has 1 aliphatic rings. The van der Waals surface area contributed by atoms with E-state index in [-0.39, 0.29) is 5.60 Å². The van der Waals surface area contributed by atoms with E-state index < -0.39 is 0 Å². The minimum Gasteiger partial charge on any atom is -0.489 e. The fourth-order valence-electron chi connectivity index (χ4n) is 1.77. The van der Waals surface area contributed by atoms with Crippen molar-refractivity contribution in [1.29, 1.82) is 0 Å². The summed E-state index contributed by atoms with van der Waals surface area (Å²) in [6.07, 6.45) is 9.03. The highest BCUT2D eigenvalue weighted by molar-refractivity contribution is 5.19. The Morgan fingerprint density at radius 2 is 2.13 bits per heavy atom. The van der Waals surface area contributed by atoms with Gasteiger partial charge in [0.05, 0.1) is 0 Å². The highest BCUT2D eigenvalue weighted by atomic mass is 16.5. The maximum absolute atomic E-state index is 5.81. The second-order valence-corrected chi connectivity index (χ2v) is 5.47. The molecule has 86 valence electrons. The Balaban J connectivity index is 2.50. The molecule has 0 aromatic heterocycles. The molecule has 0 spiro atoms. The van der Waals surface area contributed by atoms with Gasteiger partial charge in [-0.1, -0.05) is 26.3 Å². The molecule has 1 heteroatoms. The Morgan fingerprint density at radius 1 is 1.47 bits per heavy atom. The lowest BCUT2D eigenvalue weighted by atomic mass is 9.86. The van der Waals surface area contributed by atoms with Crippen LogP contribution in [0.5, 0.6) is 0 Å². The molecular formula is C14H24O. The first kappa shape index (κ1) is 12.4. The Morgan fingerprint density at radius 3 is 2.53 bits per heavy atom. The van der Waals surface area contributed by atoms with E-state index in [1.165, 1.54) is 6.42 Å².